The van der Waals surface area contributed by atoms with Crippen molar-refractivity contribution < 1.29 is 4.79 Å². The lowest BCUT2D eigenvalue weighted by Crippen LogP contribution is -2.35. The second-order valence-electron chi connectivity index (χ2n) is 7.94. The molecule has 0 fully saturated rings. The highest BCUT2D eigenvalue weighted by Crippen LogP contribution is 2.43. The number of aliphatic imine (C=N–C) groups is 1. The third-order valence-electron chi connectivity index (χ3n) is 5.19. The van der Waals surface area contributed by atoms with Crippen LogP contribution >= 0.6 is 0 Å². The number of ketones is 1. The average molecular weight is 344 g/mol. The van der Waals surface area contributed by atoms with E-state index in [4.69, 9.17) is 0 Å². The maximum Gasteiger partial charge on any atom is 0.166 e. The Hall–Kier alpha value is -2.68. The van der Waals surface area contributed by atoms with Gasteiger partial charge in [-0.1, -0.05) is 56.3 Å². The molecule has 0 amide bonds. The van der Waals surface area contributed by atoms with Gasteiger partial charge in [-0.15, -0.1) is 0 Å². The van der Waals surface area contributed by atoms with Crippen molar-refractivity contribution in [2.45, 2.75) is 33.1 Å². The Balaban J connectivity index is 1.76. The molecule has 2 aromatic carbocycles. The molecule has 0 unspecified atom stereocenters. The van der Waals surface area contributed by atoms with Crippen LogP contribution < -0.4 is 4.90 Å². The average Bonchev–Trinajstić information content (AvgIpc) is 2.77. The topological polar surface area (TPSA) is 32.7 Å². The summed E-state index contributed by atoms with van der Waals surface area (Å²) in [6.45, 7) is 5.20. The minimum atomic E-state index is -0.0198. The number of fused-ring (bicyclic) bond motifs is 1. The molecular weight excluding hydrogens is 320 g/mol. The Morgan fingerprint density at radius 3 is 2.54 bits per heavy atom. The number of rotatable bonds is 3. The van der Waals surface area contributed by atoms with Crippen LogP contribution in [0.25, 0.3) is 0 Å². The van der Waals surface area contributed by atoms with Crippen molar-refractivity contribution in [3.05, 3.63) is 71.4 Å². The Labute approximate surface area is 155 Å². The Kier molecular flexibility index (Phi) is 4.23. The third kappa shape index (κ3) is 3.22. The molecular formula is C23H24N2O. The van der Waals surface area contributed by atoms with Gasteiger partial charge < -0.3 is 4.90 Å². The molecule has 0 spiro atoms. The highest BCUT2D eigenvalue weighted by Gasteiger charge is 2.36. The fraction of sp³-hybridized carbons (Fsp3) is 0.304. The minimum absolute atomic E-state index is 0.0198. The molecule has 3 nitrogen and oxygen atoms in total. The van der Waals surface area contributed by atoms with Crippen LogP contribution in [0.1, 0.15) is 32.3 Å². The molecule has 0 saturated heterocycles. The zero-order valence-electron chi connectivity index (χ0n) is 15.4. The van der Waals surface area contributed by atoms with Gasteiger partial charge in [-0.3, -0.25) is 9.79 Å². The number of carbonyl (C=O) groups excluding carboxylic acids is 1. The van der Waals surface area contributed by atoms with Gasteiger partial charge in [-0.05, 0) is 36.0 Å². The van der Waals surface area contributed by atoms with Crippen molar-refractivity contribution in [2.24, 2.45) is 10.4 Å². The normalized spacial score (nSPS) is 18.4. The Bertz CT molecular complexity index is 893. The van der Waals surface area contributed by atoms with Gasteiger partial charge in [0, 0.05) is 24.9 Å². The van der Waals surface area contributed by atoms with Crippen molar-refractivity contribution in [3.63, 3.8) is 0 Å². The van der Waals surface area contributed by atoms with Crippen LogP contribution in [0.15, 0.2) is 70.9 Å². The van der Waals surface area contributed by atoms with Crippen LogP contribution in [-0.2, 0) is 11.2 Å². The van der Waals surface area contributed by atoms with Gasteiger partial charge in [0.15, 0.2) is 5.78 Å². The van der Waals surface area contributed by atoms with Crippen LogP contribution in [0, 0.1) is 5.41 Å². The van der Waals surface area contributed by atoms with Crippen LogP contribution in [0.5, 0.6) is 0 Å². The van der Waals surface area contributed by atoms with E-state index in [-0.39, 0.29) is 11.2 Å². The summed E-state index contributed by atoms with van der Waals surface area (Å²) in [5.41, 5.74) is 5.22. The second kappa shape index (κ2) is 6.56. The molecule has 1 aliphatic heterocycles. The van der Waals surface area contributed by atoms with Gasteiger partial charge in [-0.25, -0.2) is 0 Å². The number of benzene rings is 2. The standard InChI is InChI=1S/C23H24N2O/c1-23(2)14-21-18(22(26)15-23)16-24-19-10-6-7-11-20(19)25(21)13-12-17-8-4-3-5-9-17/h3-11,16H,12-15H2,1-2H3. The number of carbonyl (C=O) groups is 1. The van der Waals surface area contributed by atoms with Crippen molar-refractivity contribution >= 4 is 23.4 Å². The van der Waals surface area contributed by atoms with Crippen molar-refractivity contribution in [2.75, 3.05) is 11.4 Å². The predicted molar refractivity (Wildman–Crippen MR) is 107 cm³/mol. The van der Waals surface area contributed by atoms with E-state index in [1.165, 1.54) is 5.56 Å². The molecule has 0 atom stereocenters. The van der Waals surface area contributed by atoms with E-state index in [0.29, 0.717) is 6.42 Å². The maximum absolute atomic E-state index is 12.8. The smallest absolute Gasteiger partial charge is 0.166 e. The molecule has 2 aliphatic rings. The van der Waals surface area contributed by atoms with Gasteiger partial charge in [0.2, 0.25) is 0 Å². The SMILES string of the molecule is CC1(C)CC(=O)C2=C(C1)N(CCc1ccccc1)c1ccccc1N=C2. The number of para-hydroxylation sites is 2. The first-order valence-electron chi connectivity index (χ1n) is 9.24. The highest BCUT2D eigenvalue weighted by atomic mass is 16.1. The first kappa shape index (κ1) is 16.8. The maximum atomic E-state index is 12.8. The van der Waals surface area contributed by atoms with Gasteiger partial charge in [0.1, 0.15) is 0 Å². The van der Waals surface area contributed by atoms with Gasteiger partial charge >= 0.3 is 0 Å². The molecule has 0 saturated carbocycles. The number of allylic oxidation sites excluding steroid dienone is 2. The fourth-order valence-corrected chi connectivity index (χ4v) is 3.91. The summed E-state index contributed by atoms with van der Waals surface area (Å²) in [7, 11) is 0. The second-order valence-corrected chi connectivity index (χ2v) is 7.94. The van der Waals surface area contributed by atoms with E-state index in [9.17, 15) is 4.79 Å². The van der Waals surface area contributed by atoms with Crippen LogP contribution in [-0.4, -0.2) is 18.5 Å². The van der Waals surface area contributed by atoms with Crippen molar-refractivity contribution in [1.82, 2.24) is 0 Å². The number of hydrogen-bond donors (Lipinski definition) is 0. The molecule has 0 aromatic heterocycles. The monoisotopic (exact) mass is 344 g/mol. The van der Waals surface area contributed by atoms with Crippen molar-refractivity contribution in [1.29, 1.82) is 0 Å². The van der Waals surface area contributed by atoms with Crippen LogP contribution in [0.3, 0.4) is 0 Å². The molecule has 1 heterocycles. The van der Waals surface area contributed by atoms with E-state index < -0.39 is 0 Å². The minimum Gasteiger partial charge on any atom is -0.342 e. The lowest BCUT2D eigenvalue weighted by molar-refractivity contribution is -0.117. The first-order chi connectivity index (χ1) is 12.5. The third-order valence-corrected chi connectivity index (χ3v) is 5.19. The fourth-order valence-electron chi connectivity index (χ4n) is 3.91. The molecule has 1 aliphatic carbocycles. The number of Topliss-reactive ketones (excluding diaryl/α,β-unsaturated/α-hetero) is 1. The Morgan fingerprint density at radius 2 is 1.73 bits per heavy atom. The van der Waals surface area contributed by atoms with Crippen LogP contribution in [0.2, 0.25) is 0 Å². The zero-order valence-corrected chi connectivity index (χ0v) is 15.4. The van der Waals surface area contributed by atoms with Crippen LogP contribution in [0.4, 0.5) is 11.4 Å². The number of nitrogens with zero attached hydrogens (tertiary/aromatic N) is 2. The number of anilines is 1. The van der Waals surface area contributed by atoms with E-state index in [0.717, 1.165) is 42.0 Å². The predicted octanol–water partition coefficient (Wildman–Crippen LogP) is 5.09. The summed E-state index contributed by atoms with van der Waals surface area (Å²) >= 11 is 0. The largest absolute Gasteiger partial charge is 0.342 e. The van der Waals surface area contributed by atoms with E-state index in [2.05, 4.69) is 54.1 Å². The molecule has 3 heteroatoms. The van der Waals surface area contributed by atoms with Gasteiger partial charge in [0.25, 0.3) is 0 Å². The summed E-state index contributed by atoms with van der Waals surface area (Å²) in [4.78, 5) is 19.7. The quantitative estimate of drug-likeness (QED) is 0.776. The molecule has 26 heavy (non-hydrogen) atoms. The van der Waals surface area contributed by atoms with E-state index in [1.54, 1.807) is 6.21 Å². The van der Waals surface area contributed by atoms with Crippen molar-refractivity contribution in [3.8, 4) is 0 Å². The highest BCUT2D eigenvalue weighted by molar-refractivity contribution is 6.16. The van der Waals surface area contributed by atoms with E-state index in [1.807, 2.05) is 24.3 Å². The molecule has 0 bridgehead atoms. The number of hydrogen-bond acceptors (Lipinski definition) is 3. The lowest BCUT2D eigenvalue weighted by atomic mass is 9.75. The molecule has 0 N–H and O–H groups in total. The molecule has 0 radical (unpaired) electrons. The molecule has 132 valence electrons. The summed E-state index contributed by atoms with van der Waals surface area (Å²) in [6, 6.07) is 18.7. The summed E-state index contributed by atoms with van der Waals surface area (Å²) in [6.07, 6.45) is 4.19. The summed E-state index contributed by atoms with van der Waals surface area (Å²) < 4.78 is 0. The van der Waals surface area contributed by atoms with Gasteiger partial charge in [0.05, 0.1) is 16.9 Å². The lowest BCUT2D eigenvalue weighted by Gasteiger charge is -2.37. The van der Waals surface area contributed by atoms with E-state index >= 15 is 0 Å². The van der Waals surface area contributed by atoms with Gasteiger partial charge in [-0.2, -0.15) is 0 Å². The first-order valence-corrected chi connectivity index (χ1v) is 9.24. The summed E-state index contributed by atoms with van der Waals surface area (Å²) in [5.74, 6) is 0.206. The zero-order chi connectivity index (χ0) is 18.1. The molecule has 4 rings (SSSR count). The summed E-state index contributed by atoms with van der Waals surface area (Å²) in [5, 5.41) is 0. The Morgan fingerprint density at radius 1 is 1.00 bits per heavy atom. The molecule has 2 aromatic rings.